The molecule has 1 amide bonds. The van der Waals surface area contributed by atoms with Crippen LogP contribution in [0.15, 0.2) is 0 Å². The fraction of sp³-hybridized carbons (Fsp3) is 0.600. The van der Waals surface area contributed by atoms with Gasteiger partial charge in [-0.15, -0.1) is 0 Å². The smallest absolute Gasteiger partial charge is 0.224 e. The van der Waals surface area contributed by atoms with E-state index in [0.29, 0.717) is 19.6 Å². The maximum Gasteiger partial charge on any atom is 0.224 e. The van der Waals surface area contributed by atoms with Gasteiger partial charge in [-0.05, 0) is 13.8 Å². The summed E-state index contributed by atoms with van der Waals surface area (Å²) in [5, 5.41) is 9.66. The molecule has 2 N–H and O–H groups in total. The zero-order valence-electron chi connectivity index (χ0n) is 9.39. The molecule has 0 aliphatic rings. The highest BCUT2D eigenvalue weighted by atomic mass is 16.5. The van der Waals surface area contributed by atoms with Crippen molar-refractivity contribution in [3.63, 3.8) is 0 Å². The lowest BCUT2D eigenvalue weighted by molar-refractivity contribution is -0.120. The molecule has 0 atom stereocenters. The Bertz CT molecular complexity index is 314. The molecule has 1 heterocycles. The molecule has 0 unspecified atom stereocenters. The van der Waals surface area contributed by atoms with Gasteiger partial charge in [-0.2, -0.15) is 5.10 Å². The summed E-state index contributed by atoms with van der Waals surface area (Å²) in [7, 11) is 1.61. The largest absolute Gasteiger partial charge is 0.383 e. The molecular weight excluding hydrogens is 194 g/mol. The summed E-state index contributed by atoms with van der Waals surface area (Å²) >= 11 is 0. The Labute approximate surface area is 89.2 Å². The summed E-state index contributed by atoms with van der Waals surface area (Å²) in [6, 6.07) is 0. The van der Waals surface area contributed by atoms with E-state index in [-0.39, 0.29) is 5.91 Å². The summed E-state index contributed by atoms with van der Waals surface area (Å²) in [4.78, 5) is 11.5. The lowest BCUT2D eigenvalue weighted by atomic mass is 10.1. The minimum absolute atomic E-state index is 0.000324. The molecule has 1 aromatic rings. The molecular formula is C10H17N3O2. The molecule has 0 aromatic carbocycles. The van der Waals surface area contributed by atoms with Crippen LogP contribution in [0.25, 0.3) is 0 Å². The van der Waals surface area contributed by atoms with Crippen LogP contribution in [0, 0.1) is 13.8 Å². The molecule has 0 aliphatic carbocycles. The third kappa shape index (κ3) is 3.36. The van der Waals surface area contributed by atoms with E-state index in [0.717, 1.165) is 17.0 Å². The van der Waals surface area contributed by atoms with Gasteiger partial charge in [0, 0.05) is 24.9 Å². The number of aromatic nitrogens is 2. The first-order valence-corrected chi connectivity index (χ1v) is 4.91. The van der Waals surface area contributed by atoms with Crippen LogP contribution in [0.3, 0.4) is 0 Å². The van der Waals surface area contributed by atoms with Gasteiger partial charge in [0.2, 0.25) is 5.91 Å². The maximum absolute atomic E-state index is 11.5. The van der Waals surface area contributed by atoms with E-state index < -0.39 is 0 Å². The number of hydrogen-bond donors (Lipinski definition) is 2. The number of carbonyl (C=O) groups is 1. The Morgan fingerprint density at radius 1 is 1.53 bits per heavy atom. The van der Waals surface area contributed by atoms with Gasteiger partial charge in [0.05, 0.1) is 18.7 Å². The van der Waals surface area contributed by atoms with Crippen LogP contribution >= 0.6 is 0 Å². The van der Waals surface area contributed by atoms with Crippen molar-refractivity contribution < 1.29 is 9.53 Å². The predicted octanol–water partition coefficient (Wildman–Crippen LogP) is 0.332. The van der Waals surface area contributed by atoms with Crippen molar-refractivity contribution in [1.82, 2.24) is 15.5 Å². The lowest BCUT2D eigenvalue weighted by Gasteiger charge is -2.04. The van der Waals surface area contributed by atoms with Crippen LogP contribution in [0.1, 0.15) is 17.0 Å². The Balaban J connectivity index is 2.44. The van der Waals surface area contributed by atoms with E-state index in [1.54, 1.807) is 7.11 Å². The molecule has 0 saturated carbocycles. The van der Waals surface area contributed by atoms with Gasteiger partial charge in [0.1, 0.15) is 0 Å². The zero-order chi connectivity index (χ0) is 11.3. The molecule has 5 heteroatoms. The highest BCUT2D eigenvalue weighted by molar-refractivity contribution is 5.79. The van der Waals surface area contributed by atoms with E-state index in [1.165, 1.54) is 0 Å². The molecule has 84 valence electrons. The second kappa shape index (κ2) is 5.50. The molecule has 0 spiro atoms. The van der Waals surface area contributed by atoms with E-state index in [2.05, 4.69) is 15.5 Å². The van der Waals surface area contributed by atoms with E-state index in [9.17, 15) is 4.79 Å². The molecule has 0 bridgehead atoms. The standard InChI is InChI=1S/C10H17N3O2/c1-7-9(8(2)13-12-7)6-10(14)11-4-5-15-3/h4-6H2,1-3H3,(H,11,14)(H,12,13). The van der Waals surface area contributed by atoms with Crippen LogP contribution in [-0.2, 0) is 16.0 Å². The minimum Gasteiger partial charge on any atom is -0.383 e. The van der Waals surface area contributed by atoms with Crippen molar-refractivity contribution in [3.8, 4) is 0 Å². The van der Waals surface area contributed by atoms with Crippen LogP contribution in [0.4, 0.5) is 0 Å². The number of nitrogens with one attached hydrogen (secondary N) is 2. The highest BCUT2D eigenvalue weighted by Gasteiger charge is 2.10. The van der Waals surface area contributed by atoms with E-state index >= 15 is 0 Å². The number of aryl methyl sites for hydroxylation is 2. The topological polar surface area (TPSA) is 67.0 Å². The Morgan fingerprint density at radius 2 is 2.27 bits per heavy atom. The summed E-state index contributed by atoms with van der Waals surface area (Å²) in [5.41, 5.74) is 2.81. The van der Waals surface area contributed by atoms with Gasteiger partial charge in [-0.25, -0.2) is 0 Å². The van der Waals surface area contributed by atoms with Crippen molar-refractivity contribution in [1.29, 1.82) is 0 Å². The second-order valence-corrected chi connectivity index (χ2v) is 3.43. The molecule has 1 aromatic heterocycles. The van der Waals surface area contributed by atoms with Crippen LogP contribution in [0.5, 0.6) is 0 Å². The number of carbonyl (C=O) groups excluding carboxylic acids is 1. The highest BCUT2D eigenvalue weighted by Crippen LogP contribution is 2.09. The van der Waals surface area contributed by atoms with Crippen LogP contribution in [-0.4, -0.2) is 36.4 Å². The van der Waals surface area contributed by atoms with Crippen molar-refractivity contribution in [2.75, 3.05) is 20.3 Å². The normalized spacial score (nSPS) is 10.3. The lowest BCUT2D eigenvalue weighted by Crippen LogP contribution is -2.28. The molecule has 0 aliphatic heterocycles. The average molecular weight is 211 g/mol. The first-order valence-electron chi connectivity index (χ1n) is 4.91. The molecule has 5 nitrogen and oxygen atoms in total. The van der Waals surface area contributed by atoms with Gasteiger partial charge in [-0.1, -0.05) is 0 Å². The minimum atomic E-state index is -0.000324. The third-order valence-electron chi connectivity index (χ3n) is 2.25. The molecule has 15 heavy (non-hydrogen) atoms. The molecule has 1 rings (SSSR count). The maximum atomic E-state index is 11.5. The monoisotopic (exact) mass is 211 g/mol. The first kappa shape index (κ1) is 11.7. The average Bonchev–Trinajstić information content (AvgIpc) is 2.50. The number of rotatable bonds is 5. The van der Waals surface area contributed by atoms with Gasteiger partial charge in [0.25, 0.3) is 0 Å². The van der Waals surface area contributed by atoms with Crippen molar-refractivity contribution >= 4 is 5.91 Å². The van der Waals surface area contributed by atoms with Gasteiger partial charge < -0.3 is 10.1 Å². The van der Waals surface area contributed by atoms with Crippen molar-refractivity contribution in [2.24, 2.45) is 0 Å². The summed E-state index contributed by atoms with van der Waals surface area (Å²) < 4.78 is 4.84. The fourth-order valence-corrected chi connectivity index (χ4v) is 1.35. The molecule has 0 fully saturated rings. The third-order valence-corrected chi connectivity index (χ3v) is 2.25. The fourth-order valence-electron chi connectivity index (χ4n) is 1.35. The van der Waals surface area contributed by atoms with Gasteiger partial charge in [0.15, 0.2) is 0 Å². The number of ether oxygens (including phenoxy) is 1. The van der Waals surface area contributed by atoms with Crippen LogP contribution in [0.2, 0.25) is 0 Å². The number of methoxy groups -OCH3 is 1. The van der Waals surface area contributed by atoms with Gasteiger partial charge in [-0.3, -0.25) is 9.89 Å². The predicted molar refractivity (Wildman–Crippen MR) is 56.7 cm³/mol. The second-order valence-electron chi connectivity index (χ2n) is 3.43. The number of amides is 1. The van der Waals surface area contributed by atoms with Crippen molar-refractivity contribution in [2.45, 2.75) is 20.3 Å². The van der Waals surface area contributed by atoms with Crippen LogP contribution < -0.4 is 5.32 Å². The Kier molecular flexibility index (Phi) is 4.30. The van der Waals surface area contributed by atoms with Crippen molar-refractivity contribution in [3.05, 3.63) is 17.0 Å². The Hall–Kier alpha value is -1.36. The van der Waals surface area contributed by atoms with E-state index in [4.69, 9.17) is 4.74 Å². The number of aromatic amines is 1. The summed E-state index contributed by atoms with van der Waals surface area (Å²) in [5.74, 6) is -0.000324. The summed E-state index contributed by atoms with van der Waals surface area (Å²) in [6.45, 7) is 4.89. The zero-order valence-corrected chi connectivity index (χ0v) is 9.39. The van der Waals surface area contributed by atoms with Gasteiger partial charge >= 0.3 is 0 Å². The summed E-state index contributed by atoms with van der Waals surface area (Å²) in [6.07, 6.45) is 0.373. The number of H-pyrrole nitrogens is 1. The Morgan fingerprint density at radius 3 is 2.80 bits per heavy atom. The SMILES string of the molecule is COCCNC(=O)Cc1c(C)n[nH]c1C. The number of hydrogen-bond acceptors (Lipinski definition) is 3. The molecule has 0 radical (unpaired) electrons. The molecule has 0 saturated heterocycles. The first-order chi connectivity index (χ1) is 7.15. The quantitative estimate of drug-likeness (QED) is 0.690. The van der Waals surface area contributed by atoms with E-state index in [1.807, 2.05) is 13.8 Å². The number of nitrogens with zero attached hydrogens (tertiary/aromatic N) is 1.